The summed E-state index contributed by atoms with van der Waals surface area (Å²) < 4.78 is 18.6. The van der Waals surface area contributed by atoms with Gasteiger partial charge in [0.2, 0.25) is 0 Å². The zero-order valence-electron chi connectivity index (χ0n) is 10.3. The quantitative estimate of drug-likeness (QED) is 0.878. The van der Waals surface area contributed by atoms with Gasteiger partial charge in [0.15, 0.2) is 11.6 Å². The van der Waals surface area contributed by atoms with Crippen LogP contribution in [-0.4, -0.2) is 46.2 Å². The summed E-state index contributed by atoms with van der Waals surface area (Å²) in [6, 6.07) is 1.53. The van der Waals surface area contributed by atoms with Crippen molar-refractivity contribution >= 4 is 0 Å². The van der Waals surface area contributed by atoms with Gasteiger partial charge in [-0.15, -0.1) is 0 Å². The van der Waals surface area contributed by atoms with Crippen LogP contribution in [0.3, 0.4) is 0 Å². The average Bonchev–Trinajstić information content (AvgIpc) is 2.89. The van der Waals surface area contributed by atoms with Gasteiger partial charge < -0.3 is 9.84 Å². The first-order valence-corrected chi connectivity index (χ1v) is 6.18. The molecular formula is C12H14FN5O. The first-order valence-electron chi connectivity index (χ1n) is 6.18. The van der Waals surface area contributed by atoms with E-state index >= 15 is 0 Å². The molecular weight excluding hydrogens is 249 g/mol. The third-order valence-corrected chi connectivity index (χ3v) is 3.05. The van der Waals surface area contributed by atoms with E-state index in [1.807, 2.05) is 0 Å². The minimum atomic E-state index is -0.458. The van der Waals surface area contributed by atoms with E-state index in [0.717, 1.165) is 32.4 Å². The predicted octanol–water partition coefficient (Wildman–Crippen LogP) is 0.676. The van der Waals surface area contributed by atoms with Crippen molar-refractivity contribution in [2.24, 2.45) is 0 Å². The van der Waals surface area contributed by atoms with Crippen LogP contribution >= 0.6 is 0 Å². The van der Waals surface area contributed by atoms with E-state index in [1.54, 1.807) is 0 Å². The summed E-state index contributed by atoms with van der Waals surface area (Å²) in [5.41, 5.74) is 0.286. The number of pyridine rings is 1. The number of aromatic nitrogens is 3. The van der Waals surface area contributed by atoms with Crippen LogP contribution in [0.25, 0.3) is 11.5 Å². The van der Waals surface area contributed by atoms with Crippen LogP contribution in [0.5, 0.6) is 0 Å². The number of nitrogens with one attached hydrogen (secondary N) is 1. The number of hydrogen-bond donors (Lipinski definition) is 1. The molecule has 1 fully saturated rings. The molecule has 1 saturated heterocycles. The first-order chi connectivity index (χ1) is 9.33. The van der Waals surface area contributed by atoms with Crippen LogP contribution in [0.1, 0.15) is 5.82 Å². The van der Waals surface area contributed by atoms with E-state index in [-0.39, 0.29) is 11.5 Å². The molecule has 0 saturated carbocycles. The van der Waals surface area contributed by atoms with Crippen LogP contribution in [0, 0.1) is 5.82 Å². The van der Waals surface area contributed by atoms with Crippen molar-refractivity contribution in [1.82, 2.24) is 25.3 Å². The highest BCUT2D eigenvalue weighted by molar-refractivity contribution is 5.52. The summed E-state index contributed by atoms with van der Waals surface area (Å²) in [6.07, 6.45) is 2.63. The summed E-state index contributed by atoms with van der Waals surface area (Å²) >= 11 is 0. The molecule has 0 bridgehead atoms. The molecule has 0 unspecified atom stereocenters. The number of hydrogen-bond acceptors (Lipinski definition) is 6. The lowest BCUT2D eigenvalue weighted by molar-refractivity contribution is 0.225. The van der Waals surface area contributed by atoms with Gasteiger partial charge in [0, 0.05) is 32.4 Å². The predicted molar refractivity (Wildman–Crippen MR) is 65.6 cm³/mol. The van der Waals surface area contributed by atoms with Gasteiger partial charge in [-0.3, -0.25) is 9.88 Å². The van der Waals surface area contributed by atoms with Crippen molar-refractivity contribution in [2.45, 2.75) is 6.54 Å². The fourth-order valence-corrected chi connectivity index (χ4v) is 2.05. The Morgan fingerprint density at radius 1 is 1.37 bits per heavy atom. The lowest BCUT2D eigenvalue weighted by Crippen LogP contribution is -2.43. The van der Waals surface area contributed by atoms with Crippen molar-refractivity contribution in [3.05, 3.63) is 30.1 Å². The number of piperazine rings is 1. The molecule has 2 aromatic rings. The van der Waals surface area contributed by atoms with Crippen LogP contribution in [-0.2, 0) is 6.54 Å². The molecule has 100 valence electrons. The Hall–Kier alpha value is -1.86. The fourth-order valence-electron chi connectivity index (χ4n) is 2.05. The molecule has 0 radical (unpaired) electrons. The molecule has 7 heteroatoms. The first kappa shape index (κ1) is 12.2. The molecule has 3 rings (SSSR count). The van der Waals surface area contributed by atoms with E-state index < -0.39 is 5.82 Å². The largest absolute Gasteiger partial charge is 0.334 e. The maximum absolute atomic E-state index is 13.5. The smallest absolute Gasteiger partial charge is 0.261 e. The van der Waals surface area contributed by atoms with Gasteiger partial charge in [-0.2, -0.15) is 4.98 Å². The number of rotatable bonds is 3. The van der Waals surface area contributed by atoms with Gasteiger partial charge in [0.05, 0.1) is 18.3 Å². The second kappa shape index (κ2) is 5.41. The molecule has 19 heavy (non-hydrogen) atoms. The van der Waals surface area contributed by atoms with Crippen molar-refractivity contribution in [3.8, 4) is 11.5 Å². The van der Waals surface area contributed by atoms with Crippen molar-refractivity contribution in [1.29, 1.82) is 0 Å². The normalized spacial score (nSPS) is 16.7. The van der Waals surface area contributed by atoms with Crippen LogP contribution in [0.4, 0.5) is 4.39 Å². The Balaban J connectivity index is 1.74. The van der Waals surface area contributed by atoms with Crippen molar-refractivity contribution < 1.29 is 8.91 Å². The number of halogens is 1. The Morgan fingerprint density at radius 2 is 2.21 bits per heavy atom. The standard InChI is InChI=1S/C12H14FN5O/c13-10-7-15-2-1-9(10)12-16-11(17-19-12)8-18-5-3-14-4-6-18/h1-2,7,14H,3-6,8H2. The fraction of sp³-hybridized carbons (Fsp3) is 0.417. The topological polar surface area (TPSA) is 67.1 Å². The van der Waals surface area contributed by atoms with Crippen LogP contribution < -0.4 is 5.32 Å². The Bertz CT molecular complexity index is 553. The average molecular weight is 263 g/mol. The lowest BCUT2D eigenvalue weighted by atomic mass is 10.2. The molecule has 1 aliphatic rings. The molecule has 0 aliphatic carbocycles. The van der Waals surface area contributed by atoms with Gasteiger partial charge >= 0.3 is 0 Å². The van der Waals surface area contributed by atoms with Gasteiger partial charge in [0.25, 0.3) is 5.89 Å². The van der Waals surface area contributed by atoms with E-state index in [1.165, 1.54) is 12.3 Å². The highest BCUT2D eigenvalue weighted by Crippen LogP contribution is 2.19. The van der Waals surface area contributed by atoms with Crippen molar-refractivity contribution in [2.75, 3.05) is 26.2 Å². The molecule has 0 spiro atoms. The van der Waals surface area contributed by atoms with Gasteiger partial charge in [-0.05, 0) is 6.07 Å². The van der Waals surface area contributed by atoms with Gasteiger partial charge in [0.1, 0.15) is 0 Å². The van der Waals surface area contributed by atoms with Gasteiger partial charge in [-0.1, -0.05) is 5.16 Å². The molecule has 6 nitrogen and oxygen atoms in total. The second-order valence-corrected chi connectivity index (χ2v) is 4.40. The third kappa shape index (κ3) is 2.77. The van der Waals surface area contributed by atoms with E-state index in [2.05, 4.69) is 25.3 Å². The second-order valence-electron chi connectivity index (χ2n) is 4.40. The number of nitrogens with zero attached hydrogens (tertiary/aromatic N) is 4. The molecule has 1 N–H and O–H groups in total. The summed E-state index contributed by atoms with van der Waals surface area (Å²) in [4.78, 5) is 10.1. The highest BCUT2D eigenvalue weighted by Gasteiger charge is 2.16. The highest BCUT2D eigenvalue weighted by atomic mass is 19.1. The van der Waals surface area contributed by atoms with Gasteiger partial charge in [-0.25, -0.2) is 4.39 Å². The minimum absolute atomic E-state index is 0.199. The molecule has 0 amide bonds. The zero-order valence-corrected chi connectivity index (χ0v) is 10.3. The molecule has 0 atom stereocenters. The van der Waals surface area contributed by atoms with Crippen molar-refractivity contribution in [3.63, 3.8) is 0 Å². The Kier molecular flexibility index (Phi) is 3.47. The third-order valence-electron chi connectivity index (χ3n) is 3.05. The Labute approximate surface area is 109 Å². The lowest BCUT2D eigenvalue weighted by Gasteiger charge is -2.25. The zero-order chi connectivity index (χ0) is 13.1. The summed E-state index contributed by atoms with van der Waals surface area (Å²) in [7, 11) is 0. The molecule has 3 heterocycles. The monoisotopic (exact) mass is 263 g/mol. The summed E-state index contributed by atoms with van der Waals surface area (Å²) in [6.45, 7) is 4.45. The van der Waals surface area contributed by atoms with E-state index in [9.17, 15) is 4.39 Å². The maximum atomic E-state index is 13.5. The molecule has 1 aliphatic heterocycles. The molecule has 0 aromatic carbocycles. The van der Waals surface area contributed by atoms with Crippen LogP contribution in [0.15, 0.2) is 23.0 Å². The minimum Gasteiger partial charge on any atom is -0.334 e. The van der Waals surface area contributed by atoms with Crippen LogP contribution in [0.2, 0.25) is 0 Å². The molecule has 2 aromatic heterocycles. The Morgan fingerprint density at radius 3 is 3.00 bits per heavy atom. The SMILES string of the molecule is Fc1cnccc1-c1nc(CN2CCNCC2)no1. The summed E-state index contributed by atoms with van der Waals surface area (Å²) in [5.74, 6) is 0.318. The van der Waals surface area contributed by atoms with E-state index in [4.69, 9.17) is 4.52 Å². The summed E-state index contributed by atoms with van der Waals surface area (Å²) in [5, 5.41) is 7.17. The maximum Gasteiger partial charge on any atom is 0.261 e. The van der Waals surface area contributed by atoms with E-state index in [0.29, 0.717) is 12.4 Å².